The van der Waals surface area contributed by atoms with Crippen molar-refractivity contribution in [2.75, 3.05) is 19.6 Å². The minimum absolute atomic E-state index is 0.0501. The highest BCUT2D eigenvalue weighted by Crippen LogP contribution is 2.26. The van der Waals surface area contributed by atoms with Crippen LogP contribution in [0, 0.1) is 5.82 Å². The van der Waals surface area contributed by atoms with E-state index < -0.39 is 0 Å². The maximum Gasteiger partial charge on any atom is 0.268 e. The van der Waals surface area contributed by atoms with Crippen LogP contribution in [0.5, 0.6) is 0 Å². The number of aromatic nitrogens is 1. The zero-order valence-electron chi connectivity index (χ0n) is 17.5. The van der Waals surface area contributed by atoms with Gasteiger partial charge in [0.05, 0.1) is 0 Å². The summed E-state index contributed by atoms with van der Waals surface area (Å²) in [7, 11) is 0. The lowest BCUT2D eigenvalue weighted by atomic mass is 10.1. The van der Waals surface area contributed by atoms with E-state index in [9.17, 15) is 9.18 Å². The van der Waals surface area contributed by atoms with E-state index >= 15 is 0 Å². The first-order valence-electron chi connectivity index (χ1n) is 10.4. The molecule has 0 aliphatic rings. The van der Waals surface area contributed by atoms with Gasteiger partial charge in [0.2, 0.25) is 0 Å². The summed E-state index contributed by atoms with van der Waals surface area (Å²) >= 11 is 1.62. The van der Waals surface area contributed by atoms with E-state index in [-0.39, 0.29) is 17.8 Å². The lowest BCUT2D eigenvalue weighted by molar-refractivity contribution is 0.0929. The number of hydrogen-bond donors (Lipinski definition) is 1. The van der Waals surface area contributed by atoms with Crippen LogP contribution >= 0.6 is 11.3 Å². The highest BCUT2D eigenvalue weighted by molar-refractivity contribution is 7.16. The average Bonchev–Trinajstić information content (AvgIpc) is 3.29. The van der Waals surface area contributed by atoms with Gasteiger partial charge in [0.15, 0.2) is 0 Å². The summed E-state index contributed by atoms with van der Waals surface area (Å²) in [5, 5.41) is 6.26. The summed E-state index contributed by atoms with van der Waals surface area (Å²) in [4.78, 5) is 16.5. The van der Waals surface area contributed by atoms with Gasteiger partial charge in [-0.05, 0) is 74.6 Å². The summed E-state index contributed by atoms with van der Waals surface area (Å²) in [5.41, 5.74) is 1.63. The van der Waals surface area contributed by atoms with Crippen molar-refractivity contribution in [3.05, 3.63) is 58.9 Å². The van der Waals surface area contributed by atoms with Crippen LogP contribution in [0.1, 0.15) is 49.7 Å². The Morgan fingerprint density at radius 1 is 1.21 bits per heavy atom. The number of thiophene rings is 1. The molecule has 2 aromatic heterocycles. The van der Waals surface area contributed by atoms with Crippen LogP contribution in [0.4, 0.5) is 4.39 Å². The van der Waals surface area contributed by atoms with Crippen LogP contribution in [-0.2, 0) is 6.54 Å². The van der Waals surface area contributed by atoms with Crippen molar-refractivity contribution >= 4 is 27.5 Å². The van der Waals surface area contributed by atoms with Crippen LogP contribution in [0.25, 0.3) is 10.2 Å². The predicted octanol–water partition coefficient (Wildman–Crippen LogP) is 5.13. The van der Waals surface area contributed by atoms with E-state index in [1.54, 1.807) is 23.5 Å². The second-order valence-electron chi connectivity index (χ2n) is 7.47. The molecule has 0 aliphatic carbocycles. The Labute approximate surface area is 176 Å². The second-order valence-corrected chi connectivity index (χ2v) is 8.36. The molecule has 156 valence electrons. The lowest BCUT2D eigenvalue weighted by Gasteiger charge is -2.20. The van der Waals surface area contributed by atoms with E-state index in [0.29, 0.717) is 12.2 Å². The van der Waals surface area contributed by atoms with Gasteiger partial charge in [0.25, 0.3) is 5.91 Å². The smallest absolute Gasteiger partial charge is 0.268 e. The van der Waals surface area contributed by atoms with E-state index in [1.165, 1.54) is 12.1 Å². The molecule has 6 heteroatoms. The first kappa shape index (κ1) is 21.5. The summed E-state index contributed by atoms with van der Waals surface area (Å²) in [6.45, 7) is 10.1. The Balaban J connectivity index is 1.69. The molecule has 29 heavy (non-hydrogen) atoms. The number of rotatable bonds is 10. The largest absolute Gasteiger partial charge is 0.348 e. The summed E-state index contributed by atoms with van der Waals surface area (Å²) in [6, 6.07) is 10.6. The van der Waals surface area contributed by atoms with Crippen LogP contribution in [-0.4, -0.2) is 41.1 Å². The number of hydrogen-bond acceptors (Lipinski definition) is 3. The monoisotopic (exact) mass is 415 g/mol. The quantitative estimate of drug-likeness (QED) is 0.498. The Hall–Kier alpha value is -2.18. The van der Waals surface area contributed by atoms with Gasteiger partial charge in [-0.1, -0.05) is 26.0 Å². The first-order chi connectivity index (χ1) is 14.0. The van der Waals surface area contributed by atoms with Gasteiger partial charge in [-0.3, -0.25) is 4.79 Å². The molecule has 2 heterocycles. The minimum Gasteiger partial charge on any atom is -0.348 e. The molecule has 1 N–H and O–H groups in total. The molecule has 1 atom stereocenters. The van der Waals surface area contributed by atoms with Crippen LogP contribution in [0.3, 0.4) is 0 Å². The van der Waals surface area contributed by atoms with Crippen LogP contribution in [0.2, 0.25) is 0 Å². The van der Waals surface area contributed by atoms with Crippen LogP contribution < -0.4 is 5.32 Å². The van der Waals surface area contributed by atoms with Gasteiger partial charge < -0.3 is 14.8 Å². The number of carbonyl (C=O) groups excluding carboxylic acids is 1. The van der Waals surface area contributed by atoms with Crippen molar-refractivity contribution in [2.45, 2.75) is 46.2 Å². The maximum absolute atomic E-state index is 13.2. The topological polar surface area (TPSA) is 37.3 Å². The third-order valence-electron chi connectivity index (χ3n) is 5.37. The molecular formula is C23H30FN3OS. The van der Waals surface area contributed by atoms with Gasteiger partial charge in [0, 0.05) is 18.0 Å². The van der Waals surface area contributed by atoms with E-state index in [4.69, 9.17) is 0 Å². The van der Waals surface area contributed by atoms with Gasteiger partial charge in [0.1, 0.15) is 16.3 Å². The van der Waals surface area contributed by atoms with Gasteiger partial charge in [-0.2, -0.15) is 0 Å². The first-order valence-corrected chi connectivity index (χ1v) is 11.2. The Morgan fingerprint density at radius 3 is 2.62 bits per heavy atom. The molecule has 4 nitrogen and oxygen atoms in total. The summed E-state index contributed by atoms with van der Waals surface area (Å²) in [5.74, 6) is -0.301. The molecule has 1 aromatic carbocycles. The molecule has 1 unspecified atom stereocenters. The Bertz CT molecular complexity index is 927. The number of halogens is 1. The third-order valence-corrected chi connectivity index (χ3v) is 6.32. The average molecular weight is 416 g/mol. The number of benzene rings is 1. The zero-order valence-corrected chi connectivity index (χ0v) is 18.3. The molecule has 0 radical (unpaired) electrons. The van der Waals surface area contributed by atoms with Crippen molar-refractivity contribution in [3.8, 4) is 0 Å². The molecule has 0 saturated heterocycles. The van der Waals surface area contributed by atoms with Gasteiger partial charge in [-0.15, -0.1) is 11.3 Å². The van der Waals surface area contributed by atoms with Crippen molar-refractivity contribution in [1.82, 2.24) is 14.8 Å². The molecule has 0 aliphatic heterocycles. The number of nitrogens with one attached hydrogen (secondary N) is 1. The Kier molecular flexibility index (Phi) is 7.45. The molecule has 3 rings (SSSR count). The fourth-order valence-corrected chi connectivity index (χ4v) is 4.52. The van der Waals surface area contributed by atoms with Crippen molar-refractivity contribution < 1.29 is 9.18 Å². The van der Waals surface area contributed by atoms with E-state index in [2.05, 4.69) is 31.0 Å². The van der Waals surface area contributed by atoms with Gasteiger partial charge >= 0.3 is 0 Å². The lowest BCUT2D eigenvalue weighted by Crippen LogP contribution is -2.34. The second kappa shape index (κ2) is 10.0. The van der Waals surface area contributed by atoms with Crippen molar-refractivity contribution in [2.24, 2.45) is 0 Å². The highest BCUT2D eigenvalue weighted by Gasteiger charge is 2.18. The fraction of sp³-hybridized carbons (Fsp3) is 0.435. The Morgan fingerprint density at radius 2 is 1.93 bits per heavy atom. The summed E-state index contributed by atoms with van der Waals surface area (Å²) in [6.07, 6.45) is 2.02. The van der Waals surface area contributed by atoms with Crippen molar-refractivity contribution in [3.63, 3.8) is 0 Å². The minimum atomic E-state index is -0.251. The molecular weight excluding hydrogens is 385 g/mol. The maximum atomic E-state index is 13.2. The number of fused-ring (bicyclic) bond motifs is 1. The fourth-order valence-electron chi connectivity index (χ4n) is 3.62. The standard InChI is InChI=1S/C23H30FN3OS/c1-4-26(5-2)13-6-7-17(3)25-22(28)21-15-19-12-14-29-23(19)27(21)16-18-8-10-20(24)11-9-18/h8-12,14-15,17H,4-7,13,16H2,1-3H3,(H,25,28). The van der Waals surface area contributed by atoms with Crippen LogP contribution in [0.15, 0.2) is 41.8 Å². The normalized spacial score (nSPS) is 12.6. The molecule has 0 bridgehead atoms. The number of carbonyl (C=O) groups is 1. The van der Waals surface area contributed by atoms with Crippen molar-refractivity contribution in [1.29, 1.82) is 0 Å². The molecule has 0 fully saturated rings. The zero-order chi connectivity index (χ0) is 20.8. The highest BCUT2D eigenvalue weighted by atomic mass is 32.1. The molecule has 0 spiro atoms. The van der Waals surface area contributed by atoms with Gasteiger partial charge in [-0.25, -0.2) is 4.39 Å². The summed E-state index contributed by atoms with van der Waals surface area (Å²) < 4.78 is 15.3. The third kappa shape index (κ3) is 5.46. The SMILES string of the molecule is CCN(CC)CCCC(C)NC(=O)c1cc2ccsc2n1Cc1ccc(F)cc1. The predicted molar refractivity (Wildman–Crippen MR) is 119 cm³/mol. The molecule has 3 aromatic rings. The molecule has 0 saturated carbocycles. The molecule has 1 amide bonds. The van der Waals surface area contributed by atoms with E-state index in [0.717, 1.165) is 48.3 Å². The number of amides is 1. The van der Waals surface area contributed by atoms with E-state index in [1.807, 2.05) is 22.1 Å². The number of nitrogens with zero attached hydrogens (tertiary/aromatic N) is 2.